The second-order valence-electron chi connectivity index (χ2n) is 26.0. The molecule has 1 heterocycles. The van der Waals surface area contributed by atoms with Crippen LogP contribution in [0.4, 0.5) is 10.5 Å². The maximum atomic E-state index is 16.5. The Morgan fingerprint density at radius 3 is 1.90 bits per heavy atom. The van der Waals surface area contributed by atoms with Crippen LogP contribution in [-0.2, 0) is 78.1 Å². The quantitative estimate of drug-likeness (QED) is 0.0232. The molecule has 0 spiro atoms. The van der Waals surface area contributed by atoms with E-state index in [-0.39, 0.29) is 41.8 Å². The number of ether oxygens (including phenoxy) is 7. The van der Waals surface area contributed by atoms with Gasteiger partial charge in [0, 0.05) is 62.2 Å². The summed E-state index contributed by atoms with van der Waals surface area (Å²) in [6, 6.07) is 24.1. The van der Waals surface area contributed by atoms with Gasteiger partial charge in [0.1, 0.15) is 48.7 Å². The average Bonchev–Trinajstić information content (AvgIpc) is 0.668. The van der Waals surface area contributed by atoms with Crippen molar-refractivity contribution in [1.82, 2.24) is 21.3 Å². The first-order chi connectivity index (χ1) is 46.7. The lowest BCUT2D eigenvalue weighted by atomic mass is 9.45. The second-order valence-corrected chi connectivity index (χ2v) is 26.0. The topological polar surface area (TPSA) is 440 Å². The van der Waals surface area contributed by atoms with Crippen molar-refractivity contribution in [1.29, 1.82) is 0 Å². The molecule has 29 heteroatoms. The van der Waals surface area contributed by atoms with Crippen LogP contribution in [0.15, 0.2) is 127 Å². The third-order valence-electron chi connectivity index (χ3n) is 18.9. The van der Waals surface area contributed by atoms with Crippen molar-refractivity contribution in [3.63, 3.8) is 0 Å². The van der Waals surface area contributed by atoms with Crippen molar-refractivity contribution in [3.8, 4) is 0 Å². The fourth-order valence-electron chi connectivity index (χ4n) is 13.5. The molecule has 2 saturated carbocycles. The third-order valence-corrected chi connectivity index (χ3v) is 18.9. The van der Waals surface area contributed by atoms with E-state index < -0.39 is 205 Å². The summed E-state index contributed by atoms with van der Waals surface area (Å²) in [6.07, 6.45) is -14.6. The van der Waals surface area contributed by atoms with Gasteiger partial charge in [0.2, 0.25) is 29.4 Å². The largest absolute Gasteiger partial charge is 0.508 e. The molecule has 1 aliphatic heterocycles. The molecule has 15 atom stereocenters. The Kier molecular flexibility index (Phi) is 24.0. The lowest BCUT2D eigenvalue weighted by Gasteiger charge is -2.67. The summed E-state index contributed by atoms with van der Waals surface area (Å²) < 4.78 is 42.9. The highest BCUT2D eigenvalue weighted by Gasteiger charge is 2.79. The number of hydrogen-bond acceptors (Lipinski definition) is 24. The minimum atomic E-state index is -2.61. The SMILES string of the molecule is CC(=O)OC1=C2C(C)[C@@H](OC(=O)[C@H](O)[C@@H](NC(=O)c3ccccc3)c3ccccc3)C[C@@](O)([C@@H](OC(=O)c3ccccc3)C3[C@](C)(C1=O)[C@@H](OC(=O)OCc1ccc(NC(=O)[C@@H](CC(N)=O)NC(=O)[C@@H](C)NC(=O)[C@@H](C)NC[C@@H](O)CCC(O)O)cc1)C[C@H]1OC[C@@]31OC(C)=O)C2(C)C. The van der Waals surface area contributed by atoms with Gasteiger partial charge in [0.15, 0.2) is 23.8 Å². The Balaban J connectivity index is 1.08. The van der Waals surface area contributed by atoms with Crippen LogP contribution in [0.5, 0.6) is 0 Å². The van der Waals surface area contributed by atoms with Crippen molar-refractivity contribution >= 4 is 71.0 Å². The van der Waals surface area contributed by atoms with Crippen molar-refractivity contribution in [2.45, 2.75) is 172 Å². The number of fused-ring (bicyclic) bond motifs is 5. The Bertz CT molecular complexity index is 3690. The molecule has 0 aromatic heterocycles. The van der Waals surface area contributed by atoms with E-state index in [0.717, 1.165) is 13.8 Å². The number of primary amides is 1. The molecule has 3 fully saturated rings. The van der Waals surface area contributed by atoms with Gasteiger partial charge in [0.05, 0.1) is 48.1 Å². The van der Waals surface area contributed by atoms with Gasteiger partial charge in [-0.05, 0) is 80.3 Å². The Morgan fingerprint density at radius 2 is 1.32 bits per heavy atom. The predicted molar refractivity (Wildman–Crippen MR) is 346 cm³/mol. The monoisotopic (exact) mass is 1380 g/mol. The number of carbonyl (C=O) groups is 11. The molecule has 29 nitrogen and oxygen atoms in total. The lowest BCUT2D eigenvalue weighted by molar-refractivity contribution is -0.345. The first kappa shape index (κ1) is 75.3. The average molecular weight is 1380 g/mol. The third kappa shape index (κ3) is 16.8. The fraction of sp³-hybridized carbons (Fsp3) is 0.471. The maximum absolute atomic E-state index is 16.5. The zero-order chi connectivity index (χ0) is 72.5. The van der Waals surface area contributed by atoms with E-state index in [2.05, 4.69) is 26.6 Å². The highest BCUT2D eigenvalue weighted by Crippen LogP contribution is 2.65. The smallest absolute Gasteiger partial charge is 0.460 e. The maximum Gasteiger partial charge on any atom is 0.508 e. The number of hydrogen-bond donors (Lipinski definition) is 11. The first-order valence-corrected chi connectivity index (χ1v) is 32.2. The number of anilines is 1. The first-order valence-electron chi connectivity index (χ1n) is 32.2. The van der Waals surface area contributed by atoms with Crippen LogP contribution < -0.4 is 32.3 Å². The van der Waals surface area contributed by atoms with E-state index in [9.17, 15) is 63.3 Å². The van der Waals surface area contributed by atoms with Gasteiger partial charge in [0.25, 0.3) is 5.91 Å². The number of esters is 4. The molecule has 4 aliphatic rings. The molecular formula is C70H84N6O23. The van der Waals surface area contributed by atoms with E-state index in [4.69, 9.17) is 49.1 Å². The molecular weight excluding hydrogens is 1290 g/mol. The van der Waals surface area contributed by atoms with Crippen molar-refractivity contribution in [2.24, 2.45) is 28.4 Å². The second kappa shape index (κ2) is 31.6. The zero-order valence-corrected chi connectivity index (χ0v) is 55.8. The number of ketones is 1. The summed E-state index contributed by atoms with van der Waals surface area (Å²) in [6.45, 7) is 9.57. The number of nitrogens with one attached hydrogen (secondary N) is 5. The number of carbonyl (C=O) groups excluding carboxylic acids is 11. The highest BCUT2D eigenvalue weighted by atomic mass is 16.7. The van der Waals surface area contributed by atoms with Crippen molar-refractivity contribution in [3.05, 3.63) is 149 Å². The number of amides is 5. The van der Waals surface area contributed by atoms with Gasteiger partial charge < -0.3 is 91.0 Å². The number of aliphatic hydroxyl groups excluding tert-OH is 3. The van der Waals surface area contributed by atoms with Crippen LogP contribution in [0.3, 0.4) is 0 Å². The van der Waals surface area contributed by atoms with E-state index in [1.807, 2.05) is 0 Å². The highest BCUT2D eigenvalue weighted by molar-refractivity contribution is 6.03. The molecule has 4 aromatic carbocycles. The number of nitrogens with two attached hydrogens (primary N) is 1. The summed E-state index contributed by atoms with van der Waals surface area (Å²) in [7, 11) is 0. The van der Waals surface area contributed by atoms with Gasteiger partial charge in [-0.15, -0.1) is 0 Å². The van der Waals surface area contributed by atoms with Gasteiger partial charge in [-0.1, -0.05) is 99.6 Å². The van der Waals surface area contributed by atoms with Gasteiger partial charge in [-0.25, -0.2) is 14.4 Å². The zero-order valence-electron chi connectivity index (χ0n) is 55.8. The molecule has 2 unspecified atom stereocenters. The molecule has 5 amide bonds. The Morgan fingerprint density at radius 1 is 0.717 bits per heavy atom. The standard InChI is InChI=1S/C70H84N6O23/c1-36-48(96-65(90)55(83)54(42-18-12-9-13-19-42)76-62(87)43-20-14-10-15-21-43)32-70(92)59(98-64(89)44-22-16-11-17-23-44)57-68(8,58(84)56(95-39(4)77)53(36)67(70,6)7)49(31-50-69(57,35-94-50)99-40(5)78)97-66(91)93-34-41-24-26-45(27-25-41)74-63(88)47(30-51(71)80)75-61(86)38(3)73-60(85)37(2)72-33-46(79)28-29-52(81)82/h9-27,36-38,46-50,52,54-55,57,59,72,79,81-83,92H,28-35H2,1-8H3,(H2,71,80)(H,73,85)(H,74,88)(H,75,86)(H,76,87)/t36?,37-,38-,46+,47-,48+,49+,50-,54+,55-,57?,59+,68-,69+,70-/m1/s1. The number of benzene rings is 4. The molecule has 0 radical (unpaired) electrons. The van der Waals surface area contributed by atoms with Crippen molar-refractivity contribution < 1.29 is 111 Å². The number of aliphatic hydroxyl groups is 5. The molecule has 8 rings (SSSR count). The number of rotatable bonds is 27. The van der Waals surface area contributed by atoms with Crippen molar-refractivity contribution in [2.75, 3.05) is 18.5 Å². The lowest BCUT2D eigenvalue weighted by Crippen LogP contribution is -2.81. The fourth-order valence-corrected chi connectivity index (χ4v) is 13.5. The van der Waals surface area contributed by atoms with Crippen LogP contribution >= 0.6 is 0 Å². The minimum absolute atomic E-state index is 0.0317. The molecule has 12 N–H and O–H groups in total. The van der Waals surface area contributed by atoms with Crippen LogP contribution in [0.1, 0.15) is 125 Å². The molecule has 4 aromatic rings. The number of allylic oxidation sites excluding steroid dienone is 1. The summed E-state index contributed by atoms with van der Waals surface area (Å²) in [5.41, 5.74) is -2.70. The summed E-state index contributed by atoms with van der Waals surface area (Å²) in [4.78, 5) is 153. The van der Waals surface area contributed by atoms with Gasteiger partial charge in [-0.3, -0.25) is 38.4 Å². The molecule has 99 heavy (non-hydrogen) atoms. The predicted octanol–water partition coefficient (Wildman–Crippen LogP) is 2.54. The molecule has 532 valence electrons. The summed E-state index contributed by atoms with van der Waals surface area (Å²) in [5.74, 6) is -13.2. The summed E-state index contributed by atoms with van der Waals surface area (Å²) >= 11 is 0. The summed E-state index contributed by atoms with van der Waals surface area (Å²) in [5, 5.41) is 67.3. The molecule has 2 bridgehead atoms. The van der Waals surface area contributed by atoms with Crippen LogP contribution in [0.25, 0.3) is 0 Å². The van der Waals surface area contributed by atoms with Gasteiger partial charge in [-0.2, -0.15) is 0 Å². The van der Waals surface area contributed by atoms with E-state index in [0.29, 0.717) is 11.1 Å². The van der Waals surface area contributed by atoms with E-state index >= 15 is 4.79 Å². The van der Waals surface area contributed by atoms with Crippen LogP contribution in [-0.4, -0.2) is 176 Å². The molecule has 1 saturated heterocycles. The molecule has 3 aliphatic carbocycles. The number of Topliss-reactive ketones (excluding diaryl/α,β-unsaturated/α-hetero) is 1. The minimum Gasteiger partial charge on any atom is -0.460 e. The Hall–Kier alpha value is -9.49. The van der Waals surface area contributed by atoms with Crippen LogP contribution in [0.2, 0.25) is 0 Å². The van der Waals surface area contributed by atoms with E-state index in [1.165, 1.54) is 102 Å². The van der Waals surface area contributed by atoms with Gasteiger partial charge >= 0.3 is 30.0 Å². The van der Waals surface area contributed by atoms with Crippen LogP contribution in [0, 0.1) is 22.7 Å². The van der Waals surface area contributed by atoms with E-state index in [1.54, 1.807) is 54.6 Å². The Labute approximate surface area is 569 Å². The normalized spacial score (nSPS) is 25.4.